The third-order valence-electron chi connectivity index (χ3n) is 6.36. The smallest absolute Gasteiger partial charge is 0.242 e. The third kappa shape index (κ3) is 5.66. The van der Waals surface area contributed by atoms with Crippen LogP contribution in [0.15, 0.2) is 36.7 Å². The highest BCUT2D eigenvalue weighted by atomic mass is 32.1. The second-order valence-corrected chi connectivity index (χ2v) is 8.74. The van der Waals surface area contributed by atoms with E-state index in [4.69, 9.17) is 14.5 Å². The Bertz CT molecular complexity index is 1190. The van der Waals surface area contributed by atoms with Crippen molar-refractivity contribution in [3.8, 4) is 17.1 Å². The van der Waals surface area contributed by atoms with Crippen molar-refractivity contribution in [1.82, 2.24) is 25.2 Å². The molecular weight excluding hydrogens is 464 g/mol. The molecule has 35 heavy (non-hydrogen) atoms. The van der Waals surface area contributed by atoms with Gasteiger partial charge in [-0.2, -0.15) is 13.5 Å². The van der Waals surface area contributed by atoms with E-state index in [1.54, 1.807) is 24.2 Å². The number of amides is 1. The number of aryl methyl sites for hydroxylation is 1. The van der Waals surface area contributed by atoms with Gasteiger partial charge in [0.1, 0.15) is 12.7 Å². The van der Waals surface area contributed by atoms with E-state index >= 15 is 0 Å². The molecule has 2 aliphatic rings. The number of hydrogen-bond acceptors (Lipinski definition) is 8. The van der Waals surface area contributed by atoms with Crippen LogP contribution < -0.4 is 15.0 Å². The Morgan fingerprint density at radius 2 is 1.97 bits per heavy atom. The van der Waals surface area contributed by atoms with E-state index in [1.807, 2.05) is 6.07 Å². The monoisotopic (exact) mass is 496 g/mol. The van der Waals surface area contributed by atoms with Crippen molar-refractivity contribution in [3.05, 3.63) is 42.2 Å². The fourth-order valence-electron chi connectivity index (χ4n) is 4.55. The van der Waals surface area contributed by atoms with Crippen molar-refractivity contribution in [1.29, 1.82) is 0 Å². The highest BCUT2D eigenvalue weighted by Gasteiger charge is 2.23. The van der Waals surface area contributed by atoms with Crippen LogP contribution in [0.1, 0.15) is 12.5 Å². The van der Waals surface area contributed by atoms with Gasteiger partial charge in [-0.05, 0) is 30.7 Å². The molecule has 0 spiro atoms. The van der Waals surface area contributed by atoms with Crippen molar-refractivity contribution in [3.63, 3.8) is 0 Å². The van der Waals surface area contributed by atoms with Gasteiger partial charge < -0.3 is 24.6 Å². The summed E-state index contributed by atoms with van der Waals surface area (Å²) in [4.78, 5) is 29.7. The number of nitrogens with one attached hydrogen (secondary N) is 1. The number of piperazine rings is 1. The first kappa shape index (κ1) is 25.2. The number of pyridine rings is 1. The third-order valence-corrected chi connectivity index (χ3v) is 6.36. The van der Waals surface area contributed by atoms with Crippen LogP contribution in [0.25, 0.3) is 22.3 Å². The first-order chi connectivity index (χ1) is 16.6. The van der Waals surface area contributed by atoms with Crippen LogP contribution >= 0.6 is 13.5 Å². The molecule has 0 aliphatic carbocycles. The molecule has 1 atom stereocenters. The molecular formula is C25H32N6O3S. The SMILES string of the molecule is CC(=O)N1CCO[C@H](COc2nc(-c3ccc(N4CCNCC4)c(C)c3)cc3nccnc23)C1.S. The number of rotatable bonds is 5. The van der Waals surface area contributed by atoms with Crippen LogP contribution in [-0.2, 0) is 9.53 Å². The van der Waals surface area contributed by atoms with Crippen molar-refractivity contribution in [2.24, 2.45) is 0 Å². The Balaban J connectivity index is 0.00000289. The number of anilines is 1. The largest absolute Gasteiger partial charge is 0.473 e. The Labute approximate surface area is 212 Å². The molecule has 2 aromatic heterocycles. The molecule has 0 radical (unpaired) electrons. The van der Waals surface area contributed by atoms with Gasteiger partial charge >= 0.3 is 0 Å². The summed E-state index contributed by atoms with van der Waals surface area (Å²) in [6.07, 6.45) is 3.09. The van der Waals surface area contributed by atoms with Crippen molar-refractivity contribution < 1.29 is 14.3 Å². The first-order valence-electron chi connectivity index (χ1n) is 11.8. The van der Waals surface area contributed by atoms with Gasteiger partial charge in [0.2, 0.25) is 11.8 Å². The van der Waals surface area contributed by atoms with E-state index in [2.05, 4.69) is 45.3 Å². The van der Waals surface area contributed by atoms with Gasteiger partial charge in [0, 0.05) is 63.3 Å². The van der Waals surface area contributed by atoms with E-state index < -0.39 is 0 Å². The van der Waals surface area contributed by atoms with Gasteiger partial charge in [0.05, 0.1) is 24.4 Å². The molecule has 5 rings (SSSR count). The predicted molar refractivity (Wildman–Crippen MR) is 140 cm³/mol. The summed E-state index contributed by atoms with van der Waals surface area (Å²) in [5.74, 6) is 0.470. The fourth-order valence-corrected chi connectivity index (χ4v) is 4.55. The lowest BCUT2D eigenvalue weighted by Gasteiger charge is -2.32. The molecule has 3 aromatic rings. The van der Waals surface area contributed by atoms with Gasteiger partial charge in [-0.15, -0.1) is 0 Å². The molecule has 1 amide bonds. The van der Waals surface area contributed by atoms with Gasteiger partial charge in [0.25, 0.3) is 0 Å². The molecule has 0 bridgehead atoms. The summed E-state index contributed by atoms with van der Waals surface area (Å²) in [7, 11) is 0. The lowest BCUT2D eigenvalue weighted by molar-refractivity contribution is -0.137. The van der Waals surface area contributed by atoms with Gasteiger partial charge in [-0.25, -0.2) is 9.97 Å². The summed E-state index contributed by atoms with van der Waals surface area (Å²) in [6, 6.07) is 8.39. The Morgan fingerprint density at radius 1 is 1.17 bits per heavy atom. The number of ether oxygens (including phenoxy) is 2. The summed E-state index contributed by atoms with van der Waals surface area (Å²) in [5, 5.41) is 3.40. The molecule has 186 valence electrons. The van der Waals surface area contributed by atoms with Crippen LogP contribution in [0, 0.1) is 6.92 Å². The quantitative estimate of drug-likeness (QED) is 0.575. The maximum absolute atomic E-state index is 11.7. The number of morpholine rings is 1. The van der Waals surface area contributed by atoms with E-state index in [9.17, 15) is 4.79 Å². The fraction of sp³-hybridized carbons (Fsp3) is 0.440. The lowest BCUT2D eigenvalue weighted by Crippen LogP contribution is -2.46. The summed E-state index contributed by atoms with van der Waals surface area (Å²) >= 11 is 0. The Hall–Kier alpha value is -2.95. The number of aromatic nitrogens is 3. The second-order valence-electron chi connectivity index (χ2n) is 8.74. The number of nitrogens with zero attached hydrogens (tertiary/aromatic N) is 5. The van der Waals surface area contributed by atoms with Crippen molar-refractivity contribution >= 4 is 36.1 Å². The summed E-state index contributed by atoms with van der Waals surface area (Å²) < 4.78 is 11.9. The molecule has 0 saturated carbocycles. The molecule has 1 N–H and O–H groups in total. The molecule has 4 heterocycles. The van der Waals surface area contributed by atoms with Crippen LogP contribution in [0.4, 0.5) is 5.69 Å². The average molecular weight is 497 g/mol. The van der Waals surface area contributed by atoms with E-state index in [1.165, 1.54) is 11.3 Å². The molecule has 1 aromatic carbocycles. The van der Waals surface area contributed by atoms with Crippen LogP contribution in [0.5, 0.6) is 5.88 Å². The second kappa shape index (κ2) is 11.2. The summed E-state index contributed by atoms with van der Waals surface area (Å²) in [5.41, 5.74) is 5.59. The highest BCUT2D eigenvalue weighted by molar-refractivity contribution is 7.59. The number of fused-ring (bicyclic) bond motifs is 1. The van der Waals surface area contributed by atoms with Crippen molar-refractivity contribution in [2.75, 3.05) is 57.4 Å². The minimum Gasteiger partial charge on any atom is -0.473 e. The maximum atomic E-state index is 11.7. The molecule has 0 unspecified atom stereocenters. The molecule has 2 fully saturated rings. The topological polar surface area (TPSA) is 92.7 Å². The average Bonchev–Trinajstić information content (AvgIpc) is 2.87. The zero-order valence-corrected chi connectivity index (χ0v) is 21.2. The zero-order valence-electron chi connectivity index (χ0n) is 20.2. The molecule has 9 nitrogen and oxygen atoms in total. The first-order valence-corrected chi connectivity index (χ1v) is 11.8. The minimum absolute atomic E-state index is 0. The normalized spacial score (nSPS) is 18.3. The number of carbonyl (C=O) groups excluding carboxylic acids is 1. The molecule has 10 heteroatoms. The standard InChI is InChI=1S/C25H30N6O3.H2S/c1-17-13-19(3-4-23(17)30-9-7-26-8-10-30)21-14-22-24(28-6-5-27-22)25(29-21)34-16-20-15-31(18(2)32)11-12-33-20;/h3-6,13-14,20,26H,7-12,15-16H2,1-2H3;1H2/t20-;/m0./s1. The van der Waals surface area contributed by atoms with Crippen LogP contribution in [0.2, 0.25) is 0 Å². The number of hydrogen-bond donors (Lipinski definition) is 1. The van der Waals surface area contributed by atoms with E-state index in [0.29, 0.717) is 31.1 Å². The molecule has 2 aliphatic heterocycles. The van der Waals surface area contributed by atoms with E-state index in [-0.39, 0.29) is 32.1 Å². The minimum atomic E-state index is -0.213. The Morgan fingerprint density at radius 3 is 2.74 bits per heavy atom. The van der Waals surface area contributed by atoms with Crippen molar-refractivity contribution in [2.45, 2.75) is 20.0 Å². The maximum Gasteiger partial charge on any atom is 0.242 e. The zero-order chi connectivity index (χ0) is 23.5. The molecule has 2 saturated heterocycles. The number of benzene rings is 1. The van der Waals surface area contributed by atoms with Gasteiger partial charge in [0.15, 0.2) is 5.52 Å². The van der Waals surface area contributed by atoms with Gasteiger partial charge in [-0.3, -0.25) is 9.78 Å². The Kier molecular flexibility index (Phi) is 8.04. The summed E-state index contributed by atoms with van der Waals surface area (Å²) in [6.45, 7) is 9.63. The van der Waals surface area contributed by atoms with Gasteiger partial charge in [-0.1, -0.05) is 6.07 Å². The van der Waals surface area contributed by atoms with Crippen LogP contribution in [0.3, 0.4) is 0 Å². The van der Waals surface area contributed by atoms with Crippen LogP contribution in [-0.4, -0.2) is 84.3 Å². The highest BCUT2D eigenvalue weighted by Crippen LogP contribution is 2.30. The predicted octanol–water partition coefficient (Wildman–Crippen LogP) is 2.15. The van der Waals surface area contributed by atoms with E-state index in [0.717, 1.165) is 43.0 Å². The lowest BCUT2D eigenvalue weighted by atomic mass is 10.0. The number of carbonyl (C=O) groups is 1.